The predicted molar refractivity (Wildman–Crippen MR) is 92.6 cm³/mol. The normalized spacial score (nSPS) is 25.9. The molecular formula is C20H33N. The summed E-state index contributed by atoms with van der Waals surface area (Å²) in [4.78, 5) is 0. The van der Waals surface area contributed by atoms with Gasteiger partial charge in [-0.25, -0.2) is 0 Å². The van der Waals surface area contributed by atoms with Crippen LogP contribution in [0.2, 0.25) is 0 Å². The van der Waals surface area contributed by atoms with Gasteiger partial charge in [-0.2, -0.15) is 0 Å². The maximum absolute atomic E-state index is 4.00. The molecule has 21 heavy (non-hydrogen) atoms. The molecule has 1 saturated heterocycles. The van der Waals surface area contributed by atoms with Crippen molar-refractivity contribution in [1.29, 1.82) is 0 Å². The number of rotatable bonds is 8. The standard InChI is InChI=1S/C20H33N/c1-3-5-12-18-14-15-19(13-6-4-2)21-20(18)16-17-10-8-7-9-11-17/h7-11,18-21H,3-6,12-16H2,1-2H3/t18-,19-,20+/m1/s1. The SMILES string of the molecule is CCCC[C@@H]1CC[C@@H](CCCC)[C@H](Cc2ccccc2)N1. The van der Waals surface area contributed by atoms with E-state index in [2.05, 4.69) is 49.5 Å². The first kappa shape index (κ1) is 16.5. The molecular weight excluding hydrogens is 254 g/mol. The van der Waals surface area contributed by atoms with Gasteiger partial charge in [-0.15, -0.1) is 0 Å². The van der Waals surface area contributed by atoms with Crippen molar-refractivity contribution < 1.29 is 0 Å². The van der Waals surface area contributed by atoms with E-state index in [1.54, 1.807) is 0 Å². The molecule has 1 heterocycles. The van der Waals surface area contributed by atoms with Gasteiger partial charge in [-0.1, -0.05) is 69.9 Å². The van der Waals surface area contributed by atoms with Gasteiger partial charge in [0.15, 0.2) is 0 Å². The second-order valence-electron chi connectivity index (χ2n) is 6.78. The molecule has 0 saturated carbocycles. The highest BCUT2D eigenvalue weighted by atomic mass is 15.0. The average Bonchev–Trinajstić information content (AvgIpc) is 2.53. The van der Waals surface area contributed by atoms with Crippen LogP contribution in [-0.2, 0) is 6.42 Å². The van der Waals surface area contributed by atoms with Crippen molar-refractivity contribution in [2.24, 2.45) is 5.92 Å². The van der Waals surface area contributed by atoms with Gasteiger partial charge in [0.1, 0.15) is 0 Å². The Morgan fingerprint density at radius 3 is 2.38 bits per heavy atom. The van der Waals surface area contributed by atoms with Crippen LogP contribution in [0.1, 0.15) is 70.8 Å². The summed E-state index contributed by atoms with van der Waals surface area (Å²) in [5.74, 6) is 0.878. The van der Waals surface area contributed by atoms with Crippen molar-refractivity contribution in [2.45, 2.75) is 83.7 Å². The van der Waals surface area contributed by atoms with Gasteiger partial charge in [0.05, 0.1) is 0 Å². The quantitative estimate of drug-likeness (QED) is 0.680. The lowest BCUT2D eigenvalue weighted by atomic mass is 9.80. The van der Waals surface area contributed by atoms with Crippen LogP contribution >= 0.6 is 0 Å². The summed E-state index contributed by atoms with van der Waals surface area (Å²) in [6.07, 6.45) is 12.2. The molecule has 3 atom stereocenters. The number of hydrogen-bond donors (Lipinski definition) is 1. The summed E-state index contributed by atoms with van der Waals surface area (Å²) < 4.78 is 0. The van der Waals surface area contributed by atoms with Gasteiger partial charge < -0.3 is 5.32 Å². The number of hydrogen-bond acceptors (Lipinski definition) is 1. The predicted octanol–water partition coefficient (Wildman–Crippen LogP) is 5.35. The average molecular weight is 287 g/mol. The summed E-state index contributed by atoms with van der Waals surface area (Å²) in [5, 5.41) is 4.00. The molecule has 0 spiro atoms. The molecule has 0 bridgehead atoms. The maximum atomic E-state index is 4.00. The Morgan fingerprint density at radius 1 is 0.952 bits per heavy atom. The van der Waals surface area contributed by atoms with Crippen LogP contribution in [0.3, 0.4) is 0 Å². The molecule has 1 heteroatoms. The molecule has 1 nitrogen and oxygen atoms in total. The van der Waals surface area contributed by atoms with Crippen molar-refractivity contribution in [3.63, 3.8) is 0 Å². The van der Waals surface area contributed by atoms with Gasteiger partial charge in [0.25, 0.3) is 0 Å². The van der Waals surface area contributed by atoms with Crippen molar-refractivity contribution in [1.82, 2.24) is 5.32 Å². The Morgan fingerprint density at radius 2 is 1.67 bits per heavy atom. The van der Waals surface area contributed by atoms with Crippen LogP contribution in [0, 0.1) is 5.92 Å². The summed E-state index contributed by atoms with van der Waals surface area (Å²) in [6, 6.07) is 12.5. The van der Waals surface area contributed by atoms with Crippen LogP contribution in [0.15, 0.2) is 30.3 Å². The van der Waals surface area contributed by atoms with E-state index in [-0.39, 0.29) is 0 Å². The van der Waals surface area contributed by atoms with Crippen molar-refractivity contribution in [3.8, 4) is 0 Å². The largest absolute Gasteiger partial charge is 0.311 e. The second kappa shape index (κ2) is 9.25. The van der Waals surface area contributed by atoms with Gasteiger partial charge in [0, 0.05) is 12.1 Å². The van der Waals surface area contributed by atoms with E-state index in [0.717, 1.165) is 12.0 Å². The Balaban J connectivity index is 1.94. The molecule has 0 radical (unpaired) electrons. The lowest BCUT2D eigenvalue weighted by molar-refractivity contribution is 0.206. The smallest absolute Gasteiger partial charge is 0.0138 e. The third-order valence-corrected chi connectivity index (χ3v) is 5.04. The molecule has 1 aromatic carbocycles. The maximum Gasteiger partial charge on any atom is 0.0138 e. The third-order valence-electron chi connectivity index (χ3n) is 5.04. The minimum Gasteiger partial charge on any atom is -0.311 e. The van der Waals surface area contributed by atoms with Crippen LogP contribution in [0.25, 0.3) is 0 Å². The third kappa shape index (κ3) is 5.47. The molecule has 0 aromatic heterocycles. The molecule has 1 aliphatic rings. The highest BCUT2D eigenvalue weighted by Crippen LogP contribution is 2.28. The second-order valence-corrected chi connectivity index (χ2v) is 6.78. The summed E-state index contributed by atoms with van der Waals surface area (Å²) in [5.41, 5.74) is 1.49. The molecule has 1 aromatic rings. The zero-order valence-electron chi connectivity index (χ0n) is 14.0. The van der Waals surface area contributed by atoms with Crippen LogP contribution in [0.4, 0.5) is 0 Å². The van der Waals surface area contributed by atoms with Crippen LogP contribution in [0.5, 0.6) is 0 Å². The molecule has 0 aliphatic carbocycles. The summed E-state index contributed by atoms with van der Waals surface area (Å²) in [6.45, 7) is 4.61. The van der Waals surface area contributed by atoms with Crippen molar-refractivity contribution in [2.75, 3.05) is 0 Å². The fraction of sp³-hybridized carbons (Fsp3) is 0.700. The van der Waals surface area contributed by atoms with E-state index in [4.69, 9.17) is 0 Å². The molecule has 2 rings (SSSR count). The lowest BCUT2D eigenvalue weighted by Crippen LogP contribution is -2.48. The van der Waals surface area contributed by atoms with E-state index >= 15 is 0 Å². The Bertz CT molecular complexity index is 373. The summed E-state index contributed by atoms with van der Waals surface area (Å²) in [7, 11) is 0. The fourth-order valence-corrected chi connectivity index (χ4v) is 3.72. The van der Waals surface area contributed by atoms with Crippen molar-refractivity contribution >= 4 is 0 Å². The first-order chi connectivity index (χ1) is 10.3. The molecule has 0 unspecified atom stereocenters. The Labute approximate surface area is 131 Å². The fourth-order valence-electron chi connectivity index (χ4n) is 3.72. The molecule has 1 N–H and O–H groups in total. The van der Waals surface area contributed by atoms with E-state index in [0.29, 0.717) is 6.04 Å². The van der Waals surface area contributed by atoms with Gasteiger partial charge in [-0.05, 0) is 43.6 Å². The minimum absolute atomic E-state index is 0.689. The molecule has 1 fully saturated rings. The molecule has 1 aliphatic heterocycles. The van der Waals surface area contributed by atoms with Crippen molar-refractivity contribution in [3.05, 3.63) is 35.9 Å². The van der Waals surface area contributed by atoms with E-state index in [1.165, 1.54) is 63.4 Å². The molecule has 118 valence electrons. The van der Waals surface area contributed by atoms with E-state index in [1.807, 2.05) is 0 Å². The number of unbranched alkanes of at least 4 members (excludes halogenated alkanes) is 2. The topological polar surface area (TPSA) is 12.0 Å². The monoisotopic (exact) mass is 287 g/mol. The highest BCUT2D eigenvalue weighted by Gasteiger charge is 2.29. The highest BCUT2D eigenvalue weighted by molar-refractivity contribution is 5.16. The van der Waals surface area contributed by atoms with E-state index in [9.17, 15) is 0 Å². The Hall–Kier alpha value is -0.820. The van der Waals surface area contributed by atoms with Crippen LogP contribution in [-0.4, -0.2) is 12.1 Å². The zero-order chi connectivity index (χ0) is 14.9. The summed E-state index contributed by atoms with van der Waals surface area (Å²) >= 11 is 0. The lowest BCUT2D eigenvalue weighted by Gasteiger charge is -2.38. The minimum atomic E-state index is 0.689. The zero-order valence-corrected chi connectivity index (χ0v) is 14.0. The van der Waals surface area contributed by atoms with Gasteiger partial charge >= 0.3 is 0 Å². The number of nitrogens with one attached hydrogen (secondary N) is 1. The van der Waals surface area contributed by atoms with E-state index < -0.39 is 0 Å². The first-order valence-electron chi connectivity index (χ1n) is 9.13. The van der Waals surface area contributed by atoms with Crippen LogP contribution < -0.4 is 5.32 Å². The first-order valence-corrected chi connectivity index (χ1v) is 9.13. The Kier molecular flexibility index (Phi) is 7.29. The molecule has 0 amide bonds. The number of piperidine rings is 1. The number of benzene rings is 1. The van der Waals surface area contributed by atoms with Gasteiger partial charge in [-0.3, -0.25) is 0 Å². The van der Waals surface area contributed by atoms with Gasteiger partial charge in [0.2, 0.25) is 0 Å².